The van der Waals surface area contributed by atoms with Crippen LogP contribution < -0.4 is 4.74 Å². The van der Waals surface area contributed by atoms with E-state index in [4.69, 9.17) is 4.74 Å². The smallest absolute Gasteiger partial charge is 0.255 e. The predicted molar refractivity (Wildman–Crippen MR) is 139 cm³/mol. The second-order valence-electron chi connectivity index (χ2n) is 9.97. The molecule has 0 spiro atoms. The van der Waals surface area contributed by atoms with Crippen LogP contribution in [0, 0.1) is 6.92 Å². The van der Waals surface area contributed by atoms with Gasteiger partial charge in [0.2, 0.25) is 5.91 Å². The summed E-state index contributed by atoms with van der Waals surface area (Å²) in [5, 5.41) is 1.10. The molecule has 0 unspecified atom stereocenters. The van der Waals surface area contributed by atoms with E-state index in [2.05, 4.69) is 42.2 Å². The van der Waals surface area contributed by atoms with Gasteiger partial charge in [0.25, 0.3) is 5.91 Å². The third-order valence-electron chi connectivity index (χ3n) is 7.85. The number of rotatable bonds is 4. The van der Waals surface area contributed by atoms with Gasteiger partial charge >= 0.3 is 0 Å². The molecule has 3 aromatic carbocycles. The van der Waals surface area contributed by atoms with Crippen LogP contribution in [0.1, 0.15) is 40.8 Å². The average Bonchev–Trinajstić information content (AvgIpc) is 3.29. The second-order valence-corrected chi connectivity index (χ2v) is 9.97. The number of benzene rings is 3. The number of ether oxygens (including phenoxy) is 1. The number of nitrogens with one attached hydrogen (secondary N) is 1. The Hall–Kier alpha value is -4.06. The van der Waals surface area contributed by atoms with Crippen LogP contribution in [0.15, 0.2) is 72.8 Å². The molecule has 6 rings (SSSR count). The lowest BCUT2D eigenvalue weighted by Crippen LogP contribution is -2.67. The molecule has 1 N–H and O–H groups in total. The van der Waals surface area contributed by atoms with Gasteiger partial charge < -0.3 is 19.5 Å². The number of carbonyl (C=O) groups is 2. The summed E-state index contributed by atoms with van der Waals surface area (Å²) in [6.07, 6.45) is 0. The molecule has 6 heteroatoms. The SMILES string of the molecule is COc1ccccc1CN1CC(=O)N2C[C@H](c3ccc(C)cc3)c3c([nH]c4ccccc34)[C@@]2(C)C1=O. The molecule has 2 atom stereocenters. The fraction of sp³-hybridized carbons (Fsp3) is 0.267. The van der Waals surface area contributed by atoms with Crippen LogP contribution in [0.4, 0.5) is 0 Å². The van der Waals surface area contributed by atoms with Crippen molar-refractivity contribution in [1.82, 2.24) is 14.8 Å². The van der Waals surface area contributed by atoms with Crippen molar-refractivity contribution in [2.45, 2.75) is 31.8 Å². The van der Waals surface area contributed by atoms with E-state index in [1.165, 1.54) is 5.56 Å². The van der Waals surface area contributed by atoms with Crippen LogP contribution in [0.5, 0.6) is 5.75 Å². The Morgan fingerprint density at radius 1 is 1.00 bits per heavy atom. The summed E-state index contributed by atoms with van der Waals surface area (Å²) in [7, 11) is 1.62. The number of carbonyl (C=O) groups excluding carboxylic acids is 2. The minimum absolute atomic E-state index is 0.0256. The first-order valence-electron chi connectivity index (χ1n) is 12.3. The summed E-state index contributed by atoms with van der Waals surface area (Å²) in [6.45, 7) is 4.78. The molecule has 4 aromatic rings. The number of aromatic nitrogens is 1. The highest BCUT2D eigenvalue weighted by Gasteiger charge is 2.56. The first-order valence-corrected chi connectivity index (χ1v) is 12.3. The Balaban J connectivity index is 1.49. The van der Waals surface area contributed by atoms with Crippen molar-refractivity contribution in [3.63, 3.8) is 0 Å². The number of nitrogens with zero attached hydrogens (tertiary/aromatic N) is 2. The molecular weight excluding hydrogens is 450 g/mol. The van der Waals surface area contributed by atoms with Gasteiger partial charge in [0.15, 0.2) is 5.54 Å². The van der Waals surface area contributed by atoms with Crippen LogP contribution in [0.3, 0.4) is 0 Å². The number of fused-ring (bicyclic) bond motifs is 5. The third kappa shape index (κ3) is 3.24. The van der Waals surface area contributed by atoms with E-state index in [1.54, 1.807) is 16.9 Å². The summed E-state index contributed by atoms with van der Waals surface area (Å²) in [5.74, 6) is 0.554. The minimum atomic E-state index is -1.12. The lowest BCUT2D eigenvalue weighted by Gasteiger charge is -2.51. The van der Waals surface area contributed by atoms with Crippen molar-refractivity contribution >= 4 is 22.7 Å². The molecule has 2 aliphatic rings. The van der Waals surface area contributed by atoms with Crippen LogP contribution in [0.25, 0.3) is 10.9 Å². The molecule has 36 heavy (non-hydrogen) atoms. The number of hydrogen-bond acceptors (Lipinski definition) is 3. The normalized spacial score (nSPS) is 21.5. The Kier molecular flexibility index (Phi) is 5.14. The van der Waals surface area contributed by atoms with Gasteiger partial charge in [-0.3, -0.25) is 9.59 Å². The quantitative estimate of drug-likeness (QED) is 0.461. The van der Waals surface area contributed by atoms with Gasteiger partial charge in [0, 0.05) is 35.5 Å². The minimum Gasteiger partial charge on any atom is -0.496 e. The largest absolute Gasteiger partial charge is 0.496 e. The maximum Gasteiger partial charge on any atom is 0.255 e. The zero-order valence-corrected chi connectivity index (χ0v) is 20.7. The maximum absolute atomic E-state index is 14.2. The number of methoxy groups -OCH3 is 1. The molecule has 3 heterocycles. The Bertz CT molecular complexity index is 1490. The number of H-pyrrole nitrogens is 1. The van der Waals surface area contributed by atoms with Crippen molar-refractivity contribution in [2.75, 3.05) is 20.2 Å². The average molecular weight is 480 g/mol. The van der Waals surface area contributed by atoms with E-state index in [1.807, 2.05) is 49.4 Å². The third-order valence-corrected chi connectivity index (χ3v) is 7.85. The van der Waals surface area contributed by atoms with Crippen LogP contribution in [-0.4, -0.2) is 46.8 Å². The highest BCUT2D eigenvalue weighted by atomic mass is 16.5. The molecule has 1 fully saturated rings. The standard InChI is InChI=1S/C30H29N3O3/c1-19-12-14-20(15-13-19)23-17-33-26(34)18-32(16-21-8-4-7-11-25(21)36-3)29(35)30(33,2)28-27(23)22-9-5-6-10-24(22)31-28/h4-15,23,31H,16-18H2,1-3H3/t23-,30+/m1/s1. The Morgan fingerprint density at radius 3 is 2.50 bits per heavy atom. The van der Waals surface area contributed by atoms with Gasteiger partial charge in [-0.15, -0.1) is 0 Å². The zero-order valence-electron chi connectivity index (χ0n) is 20.7. The van der Waals surface area contributed by atoms with Crippen molar-refractivity contribution in [2.24, 2.45) is 0 Å². The second kappa shape index (κ2) is 8.26. The van der Waals surface area contributed by atoms with Crippen LogP contribution in [0.2, 0.25) is 0 Å². The molecule has 0 bridgehead atoms. The lowest BCUT2D eigenvalue weighted by atomic mass is 9.76. The highest BCUT2D eigenvalue weighted by Crippen LogP contribution is 2.48. The van der Waals surface area contributed by atoms with Crippen molar-refractivity contribution in [1.29, 1.82) is 0 Å². The van der Waals surface area contributed by atoms with Crippen molar-refractivity contribution in [3.05, 3.63) is 101 Å². The summed E-state index contributed by atoms with van der Waals surface area (Å²) < 4.78 is 5.51. The predicted octanol–water partition coefficient (Wildman–Crippen LogP) is 4.72. The van der Waals surface area contributed by atoms with Crippen molar-refractivity contribution < 1.29 is 14.3 Å². The highest BCUT2D eigenvalue weighted by molar-refractivity contribution is 6.01. The number of para-hydroxylation sites is 2. The molecule has 0 saturated carbocycles. The molecule has 182 valence electrons. The van der Waals surface area contributed by atoms with Crippen molar-refractivity contribution in [3.8, 4) is 5.75 Å². The lowest BCUT2D eigenvalue weighted by molar-refractivity contribution is -0.166. The first kappa shape index (κ1) is 22.4. The number of hydrogen-bond donors (Lipinski definition) is 1. The van der Waals surface area contributed by atoms with Crippen LogP contribution in [-0.2, 0) is 21.7 Å². The molecular formula is C30H29N3O3. The monoisotopic (exact) mass is 479 g/mol. The molecule has 2 amide bonds. The van der Waals surface area contributed by atoms with E-state index in [9.17, 15) is 9.59 Å². The number of aryl methyl sites for hydroxylation is 1. The molecule has 1 aromatic heterocycles. The van der Waals surface area contributed by atoms with E-state index < -0.39 is 5.54 Å². The molecule has 0 radical (unpaired) electrons. The van der Waals surface area contributed by atoms with Gasteiger partial charge in [-0.2, -0.15) is 0 Å². The topological polar surface area (TPSA) is 65.6 Å². The maximum atomic E-state index is 14.2. The van der Waals surface area contributed by atoms with Gasteiger partial charge in [0.1, 0.15) is 12.3 Å². The summed E-state index contributed by atoms with van der Waals surface area (Å²) >= 11 is 0. The van der Waals surface area contributed by atoms with E-state index >= 15 is 0 Å². The van der Waals surface area contributed by atoms with Gasteiger partial charge in [0.05, 0.1) is 12.8 Å². The molecule has 0 aliphatic carbocycles. The van der Waals surface area contributed by atoms with Crippen LogP contribution >= 0.6 is 0 Å². The molecule has 1 saturated heterocycles. The van der Waals surface area contributed by atoms with E-state index in [0.717, 1.165) is 33.3 Å². The van der Waals surface area contributed by atoms with Gasteiger partial charge in [-0.05, 0) is 37.1 Å². The van der Waals surface area contributed by atoms with Gasteiger partial charge in [-0.25, -0.2) is 0 Å². The Morgan fingerprint density at radius 2 is 1.72 bits per heavy atom. The summed E-state index contributed by atoms with van der Waals surface area (Å²) in [5.41, 5.74) is 4.98. The number of amides is 2. The number of aromatic amines is 1. The number of piperazine rings is 1. The van der Waals surface area contributed by atoms with E-state index in [0.29, 0.717) is 18.8 Å². The first-order chi connectivity index (χ1) is 17.4. The fourth-order valence-electron chi connectivity index (χ4n) is 5.94. The molecule has 6 nitrogen and oxygen atoms in total. The zero-order chi connectivity index (χ0) is 25.0. The summed E-state index contributed by atoms with van der Waals surface area (Å²) in [4.78, 5) is 34.9. The van der Waals surface area contributed by atoms with E-state index in [-0.39, 0.29) is 24.3 Å². The Labute approximate surface area is 210 Å². The fourth-order valence-corrected chi connectivity index (χ4v) is 5.94. The van der Waals surface area contributed by atoms with Gasteiger partial charge in [-0.1, -0.05) is 66.2 Å². The molecule has 2 aliphatic heterocycles. The summed E-state index contributed by atoms with van der Waals surface area (Å²) in [6, 6.07) is 24.3.